The Kier molecular flexibility index (Phi) is 7.08. The average Bonchev–Trinajstić information content (AvgIpc) is 3.46. The Hall–Kier alpha value is -4.85. The molecular weight excluding hydrogens is 488 g/mol. The van der Waals surface area contributed by atoms with Crippen LogP contribution in [-0.2, 0) is 6.54 Å². The highest BCUT2D eigenvalue weighted by atomic mass is 16.5. The first kappa shape index (κ1) is 26.2. The molecule has 0 aliphatic rings. The Bertz CT molecular complexity index is 1480. The van der Waals surface area contributed by atoms with Crippen LogP contribution in [0.15, 0.2) is 42.6 Å². The van der Waals surface area contributed by atoms with Gasteiger partial charge >= 0.3 is 6.09 Å². The quantitative estimate of drug-likeness (QED) is 0.288. The minimum Gasteiger partial charge on any atom is -0.493 e. The molecule has 0 unspecified atom stereocenters. The molecule has 0 atom stereocenters. The average molecular weight is 519 g/mol. The number of ether oxygens (including phenoxy) is 3. The fourth-order valence-electron chi connectivity index (χ4n) is 4.16. The third-order valence-electron chi connectivity index (χ3n) is 6.13. The molecule has 2 aromatic heterocycles. The van der Waals surface area contributed by atoms with Crippen LogP contribution in [0.4, 0.5) is 16.3 Å². The van der Waals surface area contributed by atoms with Crippen LogP contribution in [0.2, 0.25) is 0 Å². The number of hydrogen-bond donors (Lipinski definition) is 3. The molecule has 4 rings (SSSR count). The Labute approximate surface area is 220 Å². The molecule has 198 valence electrons. The lowest BCUT2D eigenvalue weighted by Gasteiger charge is -2.33. The van der Waals surface area contributed by atoms with Gasteiger partial charge in [0.1, 0.15) is 11.6 Å². The molecule has 38 heavy (non-hydrogen) atoms. The fourth-order valence-corrected chi connectivity index (χ4v) is 4.16. The lowest BCUT2D eigenvalue weighted by molar-refractivity contribution is 0.0955. The number of aromatic nitrogens is 3. The lowest BCUT2D eigenvalue weighted by Crippen LogP contribution is -2.44. The molecule has 11 nitrogen and oxygen atoms in total. The molecule has 0 saturated carbocycles. The van der Waals surface area contributed by atoms with E-state index in [0.29, 0.717) is 40.0 Å². The first-order valence-electron chi connectivity index (χ1n) is 11.8. The SMILES string of the molecule is COc1cc(-c2[nH]c3c(C#N)cnn3c2Nc2ccc(CN(C(=O)O)C(C)(C)C)cc2)cc(OC)c1OC. The number of imidazole rings is 1. The van der Waals surface area contributed by atoms with Crippen molar-refractivity contribution in [1.29, 1.82) is 5.26 Å². The van der Waals surface area contributed by atoms with Crippen molar-refractivity contribution in [3.05, 3.63) is 53.7 Å². The van der Waals surface area contributed by atoms with E-state index in [1.807, 2.05) is 45.0 Å². The number of nitriles is 1. The van der Waals surface area contributed by atoms with Crippen LogP contribution in [0.5, 0.6) is 17.2 Å². The molecule has 11 heteroatoms. The van der Waals surface area contributed by atoms with E-state index in [9.17, 15) is 15.2 Å². The van der Waals surface area contributed by atoms with Gasteiger partial charge in [-0.05, 0) is 50.6 Å². The Balaban J connectivity index is 1.75. The number of benzene rings is 2. The van der Waals surface area contributed by atoms with E-state index >= 15 is 0 Å². The number of aromatic amines is 1. The zero-order chi connectivity index (χ0) is 27.6. The number of hydrogen-bond acceptors (Lipinski definition) is 7. The fraction of sp³-hybridized carbons (Fsp3) is 0.296. The van der Waals surface area contributed by atoms with Crippen molar-refractivity contribution in [2.24, 2.45) is 0 Å². The summed E-state index contributed by atoms with van der Waals surface area (Å²) in [5.41, 5.74) is 3.34. The van der Waals surface area contributed by atoms with Gasteiger partial charge in [-0.2, -0.15) is 14.9 Å². The topological polar surface area (TPSA) is 137 Å². The normalized spacial score (nSPS) is 11.2. The summed E-state index contributed by atoms with van der Waals surface area (Å²) in [6, 6.07) is 13.2. The van der Waals surface area contributed by atoms with E-state index in [1.54, 1.807) is 30.9 Å². The molecule has 2 heterocycles. The van der Waals surface area contributed by atoms with Gasteiger partial charge in [0.05, 0.1) is 33.2 Å². The molecule has 2 aromatic carbocycles. The van der Waals surface area contributed by atoms with Crippen molar-refractivity contribution in [3.8, 4) is 34.6 Å². The Morgan fingerprint density at radius 2 is 1.76 bits per heavy atom. The smallest absolute Gasteiger partial charge is 0.408 e. The molecule has 4 aromatic rings. The number of fused-ring (bicyclic) bond motifs is 1. The zero-order valence-corrected chi connectivity index (χ0v) is 22.1. The number of methoxy groups -OCH3 is 3. The predicted molar refractivity (Wildman–Crippen MR) is 142 cm³/mol. The second-order valence-corrected chi connectivity index (χ2v) is 9.55. The monoisotopic (exact) mass is 518 g/mol. The second-order valence-electron chi connectivity index (χ2n) is 9.55. The number of amides is 1. The summed E-state index contributed by atoms with van der Waals surface area (Å²) in [6.07, 6.45) is 0.517. The molecule has 0 aliphatic carbocycles. The number of carboxylic acid groups (broad SMARTS) is 1. The minimum absolute atomic E-state index is 0.259. The first-order valence-corrected chi connectivity index (χ1v) is 11.8. The van der Waals surface area contributed by atoms with Gasteiger partial charge in [0.25, 0.3) is 0 Å². The van der Waals surface area contributed by atoms with Crippen molar-refractivity contribution in [1.82, 2.24) is 19.5 Å². The van der Waals surface area contributed by atoms with Crippen molar-refractivity contribution in [2.75, 3.05) is 26.6 Å². The van der Waals surface area contributed by atoms with E-state index in [-0.39, 0.29) is 6.54 Å². The van der Waals surface area contributed by atoms with Crippen LogP contribution in [0.3, 0.4) is 0 Å². The van der Waals surface area contributed by atoms with Gasteiger partial charge in [-0.3, -0.25) is 4.90 Å². The summed E-state index contributed by atoms with van der Waals surface area (Å²) < 4.78 is 18.1. The molecule has 0 saturated heterocycles. The van der Waals surface area contributed by atoms with Crippen molar-refractivity contribution < 1.29 is 24.1 Å². The van der Waals surface area contributed by atoms with Crippen LogP contribution >= 0.6 is 0 Å². The molecule has 0 bridgehead atoms. The van der Waals surface area contributed by atoms with E-state index in [2.05, 4.69) is 21.5 Å². The standard InChI is InChI=1S/C27H30N6O5/c1-27(2,3)32(26(34)35)15-16-7-9-19(10-8-16)30-25-22(31-24-18(13-28)14-29-33(24)25)17-11-20(36-4)23(38-6)21(12-17)37-5/h7-12,14,30-31H,15H2,1-6H3,(H,34,35). The number of anilines is 2. The van der Waals surface area contributed by atoms with Crippen LogP contribution in [0.1, 0.15) is 31.9 Å². The van der Waals surface area contributed by atoms with E-state index in [1.165, 1.54) is 18.2 Å². The van der Waals surface area contributed by atoms with E-state index in [4.69, 9.17) is 14.2 Å². The Morgan fingerprint density at radius 1 is 1.13 bits per heavy atom. The highest BCUT2D eigenvalue weighted by Gasteiger charge is 2.26. The maximum absolute atomic E-state index is 11.7. The molecule has 0 fully saturated rings. The van der Waals surface area contributed by atoms with Gasteiger partial charge < -0.3 is 29.6 Å². The summed E-state index contributed by atoms with van der Waals surface area (Å²) in [6.45, 7) is 5.84. The second kappa shape index (κ2) is 10.3. The molecule has 0 radical (unpaired) electrons. The summed E-state index contributed by atoms with van der Waals surface area (Å²) >= 11 is 0. The number of nitrogens with one attached hydrogen (secondary N) is 2. The molecule has 1 amide bonds. The largest absolute Gasteiger partial charge is 0.493 e. The van der Waals surface area contributed by atoms with Gasteiger partial charge in [0.2, 0.25) is 5.75 Å². The summed E-state index contributed by atoms with van der Waals surface area (Å²) in [5.74, 6) is 2.01. The van der Waals surface area contributed by atoms with Crippen molar-refractivity contribution in [3.63, 3.8) is 0 Å². The van der Waals surface area contributed by atoms with E-state index in [0.717, 1.165) is 16.8 Å². The maximum Gasteiger partial charge on any atom is 0.408 e. The minimum atomic E-state index is -0.976. The summed E-state index contributed by atoms with van der Waals surface area (Å²) in [4.78, 5) is 16.4. The predicted octanol–water partition coefficient (Wildman–Crippen LogP) is 5.25. The lowest BCUT2D eigenvalue weighted by atomic mass is 10.1. The van der Waals surface area contributed by atoms with Gasteiger partial charge in [0, 0.05) is 23.3 Å². The zero-order valence-electron chi connectivity index (χ0n) is 22.1. The number of H-pyrrole nitrogens is 1. The highest BCUT2D eigenvalue weighted by Crippen LogP contribution is 2.43. The van der Waals surface area contributed by atoms with Crippen LogP contribution in [0.25, 0.3) is 16.9 Å². The Morgan fingerprint density at radius 3 is 2.26 bits per heavy atom. The number of rotatable bonds is 8. The van der Waals surface area contributed by atoms with E-state index < -0.39 is 11.6 Å². The van der Waals surface area contributed by atoms with Crippen LogP contribution < -0.4 is 19.5 Å². The van der Waals surface area contributed by atoms with Gasteiger partial charge in [0.15, 0.2) is 23.0 Å². The first-order chi connectivity index (χ1) is 18.1. The summed E-state index contributed by atoms with van der Waals surface area (Å²) in [7, 11) is 4.63. The number of carbonyl (C=O) groups is 1. The third-order valence-corrected chi connectivity index (χ3v) is 6.13. The van der Waals surface area contributed by atoms with Gasteiger partial charge in [-0.25, -0.2) is 4.79 Å². The maximum atomic E-state index is 11.7. The molecule has 0 aliphatic heterocycles. The highest BCUT2D eigenvalue weighted by molar-refractivity contribution is 5.83. The van der Waals surface area contributed by atoms with Gasteiger partial charge in [-0.1, -0.05) is 12.1 Å². The van der Waals surface area contributed by atoms with Gasteiger partial charge in [-0.15, -0.1) is 0 Å². The van der Waals surface area contributed by atoms with Crippen molar-refractivity contribution in [2.45, 2.75) is 32.9 Å². The third kappa shape index (κ3) is 4.88. The van der Waals surface area contributed by atoms with Crippen LogP contribution in [0, 0.1) is 11.3 Å². The molecule has 3 N–H and O–H groups in total. The number of nitrogens with zero attached hydrogens (tertiary/aromatic N) is 4. The van der Waals surface area contributed by atoms with Crippen molar-refractivity contribution >= 4 is 23.2 Å². The molecule has 0 spiro atoms. The molecular formula is C27H30N6O5. The van der Waals surface area contributed by atoms with Crippen LogP contribution in [-0.4, -0.2) is 57.6 Å². The summed E-state index contributed by atoms with van der Waals surface area (Å²) in [5, 5.41) is 27.0.